The van der Waals surface area contributed by atoms with Gasteiger partial charge in [-0.05, 0) is 42.2 Å². The standard InChI is InChI=1S/C21H22ClFN2O2/c22-19-4-2-1-3-17(19)14-24-21(27)16-9-11-25(12-10-16)20(26)13-15-5-7-18(23)8-6-15/h1-8,16H,9-14H2,(H,24,27). The average Bonchev–Trinajstić information content (AvgIpc) is 2.69. The Hall–Kier alpha value is -2.40. The van der Waals surface area contributed by atoms with Crippen LogP contribution in [-0.2, 0) is 22.6 Å². The summed E-state index contributed by atoms with van der Waals surface area (Å²) in [5, 5.41) is 3.57. The molecule has 1 N–H and O–H groups in total. The predicted molar refractivity (Wildman–Crippen MR) is 103 cm³/mol. The minimum Gasteiger partial charge on any atom is -0.352 e. The quantitative estimate of drug-likeness (QED) is 0.851. The van der Waals surface area contributed by atoms with Crippen molar-refractivity contribution in [1.82, 2.24) is 10.2 Å². The highest BCUT2D eigenvalue weighted by Gasteiger charge is 2.27. The van der Waals surface area contributed by atoms with Crippen LogP contribution < -0.4 is 5.32 Å². The fraction of sp³-hybridized carbons (Fsp3) is 0.333. The van der Waals surface area contributed by atoms with Crippen LogP contribution in [0.15, 0.2) is 48.5 Å². The highest BCUT2D eigenvalue weighted by Crippen LogP contribution is 2.20. The molecule has 1 fully saturated rings. The second-order valence-electron chi connectivity index (χ2n) is 6.77. The first-order valence-corrected chi connectivity index (χ1v) is 9.44. The summed E-state index contributed by atoms with van der Waals surface area (Å²) in [7, 11) is 0. The van der Waals surface area contributed by atoms with Crippen molar-refractivity contribution in [3.05, 3.63) is 70.5 Å². The van der Waals surface area contributed by atoms with E-state index in [9.17, 15) is 14.0 Å². The molecule has 0 spiro atoms. The summed E-state index contributed by atoms with van der Waals surface area (Å²) in [5.41, 5.74) is 1.68. The van der Waals surface area contributed by atoms with E-state index in [1.54, 1.807) is 23.1 Å². The molecule has 0 unspecified atom stereocenters. The zero-order valence-corrected chi connectivity index (χ0v) is 15.7. The van der Waals surface area contributed by atoms with Crippen LogP contribution in [0.2, 0.25) is 5.02 Å². The first kappa shape index (κ1) is 19.4. The Balaban J connectivity index is 1.45. The summed E-state index contributed by atoms with van der Waals surface area (Å²) in [6.45, 7) is 1.52. The second-order valence-corrected chi connectivity index (χ2v) is 7.17. The number of piperidine rings is 1. The van der Waals surface area contributed by atoms with Crippen molar-refractivity contribution in [3.8, 4) is 0 Å². The minimum atomic E-state index is -0.310. The van der Waals surface area contributed by atoms with Crippen molar-refractivity contribution in [1.29, 1.82) is 0 Å². The van der Waals surface area contributed by atoms with E-state index in [1.807, 2.05) is 18.2 Å². The SMILES string of the molecule is O=C(NCc1ccccc1Cl)C1CCN(C(=O)Cc2ccc(F)cc2)CC1. The summed E-state index contributed by atoms with van der Waals surface area (Å²) in [5.74, 6) is -0.394. The van der Waals surface area contributed by atoms with Crippen molar-refractivity contribution >= 4 is 23.4 Å². The molecule has 4 nitrogen and oxygen atoms in total. The first-order chi connectivity index (χ1) is 13.0. The number of rotatable bonds is 5. The molecule has 3 rings (SSSR count). The van der Waals surface area contributed by atoms with Gasteiger partial charge in [0.1, 0.15) is 5.82 Å². The predicted octanol–water partition coefficient (Wildman–Crippen LogP) is 3.58. The number of amides is 2. The van der Waals surface area contributed by atoms with Gasteiger partial charge in [0.15, 0.2) is 0 Å². The summed E-state index contributed by atoms with van der Waals surface area (Å²) in [6.07, 6.45) is 1.54. The molecule has 0 radical (unpaired) electrons. The van der Waals surface area contributed by atoms with Crippen molar-refractivity contribution in [2.45, 2.75) is 25.8 Å². The number of likely N-dealkylation sites (tertiary alicyclic amines) is 1. The number of nitrogens with one attached hydrogen (secondary N) is 1. The maximum absolute atomic E-state index is 13.0. The van der Waals surface area contributed by atoms with Crippen LogP contribution in [0.25, 0.3) is 0 Å². The molecular weight excluding hydrogens is 367 g/mol. The summed E-state index contributed by atoms with van der Waals surface area (Å²) >= 11 is 6.11. The van der Waals surface area contributed by atoms with Crippen LogP contribution in [0.5, 0.6) is 0 Å². The zero-order chi connectivity index (χ0) is 19.2. The van der Waals surface area contributed by atoms with E-state index in [4.69, 9.17) is 11.6 Å². The molecule has 0 aliphatic carbocycles. The Morgan fingerprint density at radius 3 is 2.41 bits per heavy atom. The number of hydrogen-bond donors (Lipinski definition) is 1. The van der Waals surface area contributed by atoms with Gasteiger partial charge in [-0.25, -0.2) is 4.39 Å². The number of halogens is 2. The Morgan fingerprint density at radius 1 is 1.07 bits per heavy atom. The van der Waals surface area contributed by atoms with Gasteiger partial charge in [0.25, 0.3) is 0 Å². The highest BCUT2D eigenvalue weighted by atomic mass is 35.5. The van der Waals surface area contributed by atoms with Gasteiger partial charge in [-0.15, -0.1) is 0 Å². The Bertz CT molecular complexity index is 802. The first-order valence-electron chi connectivity index (χ1n) is 9.06. The molecule has 2 amide bonds. The molecule has 0 atom stereocenters. The molecule has 1 aliphatic rings. The Labute approximate surface area is 163 Å². The normalized spacial score (nSPS) is 14.8. The lowest BCUT2D eigenvalue weighted by Crippen LogP contribution is -2.43. The average molecular weight is 389 g/mol. The molecule has 0 saturated carbocycles. The van der Waals surface area contributed by atoms with Crippen LogP contribution in [0, 0.1) is 11.7 Å². The van der Waals surface area contributed by atoms with E-state index in [1.165, 1.54) is 12.1 Å². The van der Waals surface area contributed by atoms with E-state index >= 15 is 0 Å². The van der Waals surface area contributed by atoms with Crippen molar-refractivity contribution < 1.29 is 14.0 Å². The lowest BCUT2D eigenvalue weighted by molar-refractivity contribution is -0.135. The Kier molecular flexibility index (Phi) is 6.45. The third-order valence-electron chi connectivity index (χ3n) is 4.90. The van der Waals surface area contributed by atoms with Crippen molar-refractivity contribution in [2.24, 2.45) is 5.92 Å². The summed E-state index contributed by atoms with van der Waals surface area (Å²) < 4.78 is 13.0. The van der Waals surface area contributed by atoms with Gasteiger partial charge >= 0.3 is 0 Å². The lowest BCUT2D eigenvalue weighted by Gasteiger charge is -2.31. The highest BCUT2D eigenvalue weighted by molar-refractivity contribution is 6.31. The largest absolute Gasteiger partial charge is 0.352 e. The van der Waals surface area contributed by atoms with Crippen LogP contribution in [0.3, 0.4) is 0 Å². The smallest absolute Gasteiger partial charge is 0.226 e. The van der Waals surface area contributed by atoms with E-state index in [2.05, 4.69) is 5.32 Å². The van der Waals surface area contributed by atoms with Gasteiger partial charge in [0.2, 0.25) is 11.8 Å². The van der Waals surface area contributed by atoms with Crippen molar-refractivity contribution in [2.75, 3.05) is 13.1 Å². The number of hydrogen-bond acceptors (Lipinski definition) is 2. The van der Waals surface area contributed by atoms with E-state index in [0.29, 0.717) is 37.5 Å². The molecule has 2 aromatic rings. The summed E-state index contributed by atoms with van der Waals surface area (Å²) in [4.78, 5) is 26.6. The molecule has 0 bridgehead atoms. The molecule has 142 valence electrons. The zero-order valence-electron chi connectivity index (χ0n) is 15.0. The molecular formula is C21H22ClFN2O2. The summed E-state index contributed by atoms with van der Waals surface area (Å²) in [6, 6.07) is 13.4. The molecule has 27 heavy (non-hydrogen) atoms. The number of carbonyl (C=O) groups excluding carboxylic acids is 2. The van der Waals surface area contributed by atoms with Gasteiger partial charge in [0, 0.05) is 30.6 Å². The van der Waals surface area contributed by atoms with Gasteiger partial charge in [-0.2, -0.15) is 0 Å². The fourth-order valence-corrected chi connectivity index (χ4v) is 3.45. The van der Waals surface area contributed by atoms with Crippen LogP contribution in [-0.4, -0.2) is 29.8 Å². The van der Waals surface area contributed by atoms with Crippen molar-refractivity contribution in [3.63, 3.8) is 0 Å². The molecule has 2 aromatic carbocycles. The van der Waals surface area contributed by atoms with Crippen LogP contribution >= 0.6 is 11.6 Å². The molecule has 1 aliphatic heterocycles. The van der Waals surface area contributed by atoms with E-state index in [0.717, 1.165) is 11.1 Å². The topological polar surface area (TPSA) is 49.4 Å². The minimum absolute atomic E-state index is 0.000512. The van der Waals surface area contributed by atoms with Crippen LogP contribution in [0.4, 0.5) is 4.39 Å². The fourth-order valence-electron chi connectivity index (χ4n) is 3.25. The van der Waals surface area contributed by atoms with E-state index in [-0.39, 0.29) is 30.0 Å². The molecule has 6 heteroatoms. The number of carbonyl (C=O) groups is 2. The lowest BCUT2D eigenvalue weighted by atomic mass is 9.95. The molecule has 0 aromatic heterocycles. The number of nitrogens with zero attached hydrogens (tertiary/aromatic N) is 1. The maximum atomic E-state index is 13.0. The van der Waals surface area contributed by atoms with Gasteiger partial charge in [-0.1, -0.05) is 41.9 Å². The third kappa shape index (κ3) is 5.30. The van der Waals surface area contributed by atoms with Gasteiger partial charge < -0.3 is 10.2 Å². The van der Waals surface area contributed by atoms with Gasteiger partial charge in [0.05, 0.1) is 6.42 Å². The second kappa shape index (κ2) is 9.00. The molecule has 1 saturated heterocycles. The molecule has 1 heterocycles. The van der Waals surface area contributed by atoms with Crippen LogP contribution in [0.1, 0.15) is 24.0 Å². The van der Waals surface area contributed by atoms with Gasteiger partial charge in [-0.3, -0.25) is 9.59 Å². The third-order valence-corrected chi connectivity index (χ3v) is 5.27. The Morgan fingerprint density at radius 2 is 1.74 bits per heavy atom. The monoisotopic (exact) mass is 388 g/mol. The maximum Gasteiger partial charge on any atom is 0.226 e. The van der Waals surface area contributed by atoms with E-state index < -0.39 is 0 Å². The number of benzene rings is 2.